The third kappa shape index (κ3) is 4.40. The summed E-state index contributed by atoms with van der Waals surface area (Å²) in [5.41, 5.74) is -0.764. The van der Waals surface area contributed by atoms with Crippen LogP contribution < -0.4 is 10.6 Å². The van der Waals surface area contributed by atoms with Crippen LogP contribution in [-0.2, 0) is 11.3 Å². The lowest BCUT2D eigenvalue weighted by Gasteiger charge is -2.21. The molecule has 0 bridgehead atoms. The van der Waals surface area contributed by atoms with Gasteiger partial charge in [-0.2, -0.15) is 0 Å². The number of urea groups is 1. The van der Waals surface area contributed by atoms with Crippen molar-refractivity contribution in [1.29, 1.82) is 0 Å². The van der Waals surface area contributed by atoms with Crippen molar-refractivity contribution in [3.63, 3.8) is 0 Å². The fourth-order valence-electron chi connectivity index (χ4n) is 1.21. The molecular formula is C12H14ClFN2O3. The minimum absolute atomic E-state index is 0.0365. The van der Waals surface area contributed by atoms with E-state index in [0.717, 1.165) is 0 Å². The number of aliphatic carboxylic acids is 1. The molecule has 0 fully saturated rings. The molecule has 0 aromatic heterocycles. The van der Waals surface area contributed by atoms with Crippen LogP contribution in [0.4, 0.5) is 9.18 Å². The summed E-state index contributed by atoms with van der Waals surface area (Å²) in [4.78, 5) is 22.3. The summed E-state index contributed by atoms with van der Waals surface area (Å²) in [5.74, 6) is -1.69. The molecule has 0 heterocycles. The van der Waals surface area contributed by atoms with Crippen LogP contribution in [0.3, 0.4) is 0 Å². The molecule has 3 N–H and O–H groups in total. The van der Waals surface area contributed by atoms with E-state index in [2.05, 4.69) is 10.6 Å². The van der Waals surface area contributed by atoms with Gasteiger partial charge in [-0.3, -0.25) is 0 Å². The molecular weight excluding hydrogens is 275 g/mol. The van der Waals surface area contributed by atoms with E-state index in [0.29, 0.717) is 5.56 Å². The number of amides is 2. The van der Waals surface area contributed by atoms with Crippen LogP contribution >= 0.6 is 11.6 Å². The molecule has 7 heteroatoms. The maximum absolute atomic E-state index is 12.9. The Morgan fingerprint density at radius 1 is 1.42 bits per heavy atom. The highest BCUT2D eigenvalue weighted by atomic mass is 35.5. The van der Waals surface area contributed by atoms with Gasteiger partial charge in [0.1, 0.15) is 11.4 Å². The molecule has 1 aromatic rings. The molecule has 104 valence electrons. The Labute approximate surface area is 114 Å². The summed E-state index contributed by atoms with van der Waals surface area (Å²) in [6, 6.07) is 3.43. The molecule has 0 spiro atoms. The van der Waals surface area contributed by atoms with Gasteiger partial charge in [0, 0.05) is 6.54 Å². The van der Waals surface area contributed by atoms with Gasteiger partial charge in [0.25, 0.3) is 0 Å². The van der Waals surface area contributed by atoms with E-state index in [-0.39, 0.29) is 11.6 Å². The fraction of sp³-hybridized carbons (Fsp3) is 0.333. The van der Waals surface area contributed by atoms with Gasteiger partial charge in [0.2, 0.25) is 0 Å². The standard InChI is InChI=1S/C12H14ClFN2O3/c1-12(2,10(17)18)16-11(19)15-6-7-3-4-9(14)8(13)5-7/h3-5H,6H2,1-2H3,(H,17,18)(H2,15,16,19). The number of nitrogens with one attached hydrogen (secondary N) is 2. The molecule has 0 saturated carbocycles. The van der Waals surface area contributed by atoms with Gasteiger partial charge in [-0.05, 0) is 31.5 Å². The van der Waals surface area contributed by atoms with Gasteiger partial charge >= 0.3 is 12.0 Å². The summed E-state index contributed by atoms with van der Waals surface area (Å²) in [5, 5.41) is 13.6. The van der Waals surface area contributed by atoms with E-state index in [1.807, 2.05) is 0 Å². The number of carboxylic acid groups (broad SMARTS) is 1. The van der Waals surface area contributed by atoms with Crippen LogP contribution in [0.15, 0.2) is 18.2 Å². The highest BCUT2D eigenvalue weighted by molar-refractivity contribution is 6.30. The van der Waals surface area contributed by atoms with Gasteiger partial charge < -0.3 is 15.7 Å². The SMILES string of the molecule is CC(C)(NC(=O)NCc1ccc(F)c(Cl)c1)C(=O)O. The van der Waals surface area contributed by atoms with Crippen LogP contribution in [0.25, 0.3) is 0 Å². The quantitative estimate of drug-likeness (QED) is 0.794. The first-order chi connectivity index (χ1) is 8.72. The Balaban J connectivity index is 2.55. The van der Waals surface area contributed by atoms with Crippen molar-refractivity contribution < 1.29 is 19.1 Å². The maximum atomic E-state index is 12.9. The van der Waals surface area contributed by atoms with E-state index in [1.165, 1.54) is 32.0 Å². The monoisotopic (exact) mass is 288 g/mol. The molecule has 0 aliphatic carbocycles. The van der Waals surface area contributed by atoms with E-state index in [9.17, 15) is 14.0 Å². The molecule has 0 radical (unpaired) electrons. The molecule has 1 aromatic carbocycles. The lowest BCUT2D eigenvalue weighted by molar-refractivity contribution is -0.142. The Morgan fingerprint density at radius 3 is 2.58 bits per heavy atom. The van der Waals surface area contributed by atoms with Crippen molar-refractivity contribution in [2.45, 2.75) is 25.9 Å². The second kappa shape index (κ2) is 5.88. The van der Waals surface area contributed by atoms with Crippen molar-refractivity contribution in [2.24, 2.45) is 0 Å². The van der Waals surface area contributed by atoms with Gasteiger partial charge in [0.05, 0.1) is 5.02 Å². The number of hydrogen-bond acceptors (Lipinski definition) is 2. The summed E-state index contributed by atoms with van der Waals surface area (Å²) in [7, 11) is 0. The minimum Gasteiger partial charge on any atom is -0.480 e. The predicted molar refractivity (Wildman–Crippen MR) is 68.5 cm³/mol. The zero-order valence-electron chi connectivity index (χ0n) is 10.5. The molecule has 0 atom stereocenters. The van der Waals surface area contributed by atoms with Crippen molar-refractivity contribution >= 4 is 23.6 Å². The van der Waals surface area contributed by atoms with Gasteiger partial charge in [-0.25, -0.2) is 14.0 Å². The van der Waals surface area contributed by atoms with Crippen LogP contribution in [-0.4, -0.2) is 22.6 Å². The van der Waals surface area contributed by atoms with Crippen LogP contribution in [0.5, 0.6) is 0 Å². The van der Waals surface area contributed by atoms with Gasteiger partial charge in [-0.15, -0.1) is 0 Å². The zero-order chi connectivity index (χ0) is 14.6. The summed E-state index contributed by atoms with van der Waals surface area (Å²) < 4.78 is 12.9. The maximum Gasteiger partial charge on any atom is 0.328 e. The van der Waals surface area contributed by atoms with E-state index < -0.39 is 23.4 Å². The highest BCUT2D eigenvalue weighted by Crippen LogP contribution is 2.15. The number of carbonyl (C=O) groups is 2. The number of benzene rings is 1. The Bertz CT molecular complexity index is 506. The molecule has 0 unspecified atom stereocenters. The first kappa shape index (κ1) is 15.2. The second-order valence-electron chi connectivity index (χ2n) is 4.49. The highest BCUT2D eigenvalue weighted by Gasteiger charge is 2.28. The first-order valence-electron chi connectivity index (χ1n) is 5.45. The Hall–Kier alpha value is -1.82. The van der Waals surface area contributed by atoms with Crippen LogP contribution in [0.2, 0.25) is 5.02 Å². The largest absolute Gasteiger partial charge is 0.480 e. The third-order valence-corrected chi connectivity index (χ3v) is 2.69. The second-order valence-corrected chi connectivity index (χ2v) is 4.89. The molecule has 1 rings (SSSR count). The number of halogens is 2. The van der Waals surface area contributed by atoms with Crippen molar-refractivity contribution in [2.75, 3.05) is 0 Å². The molecule has 0 saturated heterocycles. The van der Waals surface area contributed by atoms with Crippen LogP contribution in [0, 0.1) is 5.82 Å². The average molecular weight is 289 g/mol. The number of hydrogen-bond donors (Lipinski definition) is 3. The summed E-state index contributed by atoms with van der Waals surface area (Å²) in [6.45, 7) is 2.84. The first-order valence-corrected chi connectivity index (χ1v) is 5.83. The lowest BCUT2D eigenvalue weighted by Crippen LogP contribution is -2.52. The average Bonchev–Trinajstić information content (AvgIpc) is 2.30. The van der Waals surface area contributed by atoms with Crippen LogP contribution in [0.1, 0.15) is 19.4 Å². The fourth-order valence-corrected chi connectivity index (χ4v) is 1.42. The Kier molecular flexibility index (Phi) is 4.72. The molecule has 19 heavy (non-hydrogen) atoms. The van der Waals surface area contributed by atoms with Gasteiger partial charge in [0.15, 0.2) is 0 Å². The van der Waals surface area contributed by atoms with Crippen molar-refractivity contribution in [3.05, 3.63) is 34.6 Å². The smallest absolute Gasteiger partial charge is 0.328 e. The van der Waals surface area contributed by atoms with E-state index in [1.54, 1.807) is 0 Å². The lowest BCUT2D eigenvalue weighted by atomic mass is 10.1. The molecule has 2 amide bonds. The topological polar surface area (TPSA) is 78.4 Å². The van der Waals surface area contributed by atoms with Crippen molar-refractivity contribution in [1.82, 2.24) is 10.6 Å². The Morgan fingerprint density at radius 2 is 2.05 bits per heavy atom. The zero-order valence-corrected chi connectivity index (χ0v) is 11.2. The summed E-state index contributed by atoms with van der Waals surface area (Å²) in [6.07, 6.45) is 0. The molecule has 0 aliphatic heterocycles. The van der Waals surface area contributed by atoms with E-state index >= 15 is 0 Å². The van der Waals surface area contributed by atoms with Gasteiger partial charge in [-0.1, -0.05) is 17.7 Å². The number of carbonyl (C=O) groups excluding carboxylic acids is 1. The summed E-state index contributed by atoms with van der Waals surface area (Å²) >= 11 is 5.60. The predicted octanol–water partition coefficient (Wildman–Crippen LogP) is 2.14. The third-order valence-electron chi connectivity index (χ3n) is 2.40. The molecule has 0 aliphatic rings. The van der Waals surface area contributed by atoms with E-state index in [4.69, 9.17) is 16.7 Å². The number of carboxylic acids is 1. The number of rotatable bonds is 4. The minimum atomic E-state index is -1.37. The molecule has 5 nitrogen and oxygen atoms in total. The normalized spacial score (nSPS) is 10.9. The van der Waals surface area contributed by atoms with Crippen molar-refractivity contribution in [3.8, 4) is 0 Å².